The molecule has 0 amide bonds. The molecule has 0 spiro atoms. The van der Waals surface area contributed by atoms with Gasteiger partial charge in [0.15, 0.2) is 0 Å². The third-order valence-electron chi connectivity index (χ3n) is 1.36. The van der Waals surface area contributed by atoms with Crippen molar-refractivity contribution in [2.45, 2.75) is 6.92 Å². The number of rotatable bonds is 1. The van der Waals surface area contributed by atoms with Gasteiger partial charge in [-0.1, -0.05) is 0 Å². The Morgan fingerprint density at radius 1 is 1.71 bits per heavy atom. The van der Waals surface area contributed by atoms with Crippen LogP contribution in [0.5, 0.6) is 0 Å². The molecular formula is C5H9NO. The van der Waals surface area contributed by atoms with Crippen LogP contribution in [-0.2, 0) is 4.79 Å². The zero-order chi connectivity index (χ0) is 5.28. The Labute approximate surface area is 42.9 Å². The predicted molar refractivity (Wildman–Crippen MR) is 27.0 cm³/mol. The Morgan fingerprint density at radius 3 is 2.29 bits per heavy atom. The molecule has 0 aliphatic carbocycles. The fraction of sp³-hybridized carbons (Fsp3) is 0.800. The highest BCUT2D eigenvalue weighted by Gasteiger charge is 2.20. The lowest BCUT2D eigenvalue weighted by Crippen LogP contribution is -2.45. The first kappa shape index (κ1) is 4.78. The fourth-order valence-corrected chi connectivity index (χ4v) is 0.576. The van der Waals surface area contributed by atoms with E-state index in [-0.39, 0.29) is 0 Å². The fourth-order valence-electron chi connectivity index (χ4n) is 0.576. The Kier molecular flexibility index (Phi) is 1.11. The lowest BCUT2D eigenvalue weighted by Gasteiger charge is -2.23. The average Bonchev–Trinajstić information content (AvgIpc) is 1.23. The van der Waals surface area contributed by atoms with E-state index in [9.17, 15) is 4.79 Å². The first-order valence-electron chi connectivity index (χ1n) is 2.52. The van der Waals surface area contributed by atoms with E-state index in [1.54, 1.807) is 6.92 Å². The molecule has 0 aromatic carbocycles. The average molecular weight is 99.1 g/mol. The number of nitrogens with one attached hydrogen (secondary N) is 1. The Balaban J connectivity index is 2.27. The van der Waals surface area contributed by atoms with Gasteiger partial charge in [0, 0.05) is 19.0 Å². The summed E-state index contributed by atoms with van der Waals surface area (Å²) in [4.78, 5) is 10.4. The van der Waals surface area contributed by atoms with Crippen molar-refractivity contribution < 1.29 is 4.79 Å². The van der Waals surface area contributed by atoms with Crippen molar-refractivity contribution in [2.24, 2.45) is 5.92 Å². The molecule has 40 valence electrons. The molecule has 0 aromatic heterocycles. The standard InChI is InChI=1S/C5H9NO/c1-4(7)5-2-6-3-5/h5-6H,2-3H2,1H3. The smallest absolute Gasteiger partial charge is 0.135 e. The summed E-state index contributed by atoms with van der Waals surface area (Å²) in [6.07, 6.45) is 0. The zero-order valence-corrected chi connectivity index (χ0v) is 4.40. The Hall–Kier alpha value is -0.370. The van der Waals surface area contributed by atoms with Gasteiger partial charge in [-0.15, -0.1) is 0 Å². The topological polar surface area (TPSA) is 29.1 Å². The molecule has 0 saturated carbocycles. The number of carbonyl (C=O) groups excluding carboxylic acids is 1. The van der Waals surface area contributed by atoms with Gasteiger partial charge in [-0.2, -0.15) is 0 Å². The summed E-state index contributed by atoms with van der Waals surface area (Å²) in [5, 5.41) is 3.02. The van der Waals surface area contributed by atoms with E-state index in [0.29, 0.717) is 11.7 Å². The number of Topliss-reactive ketones (excluding diaryl/α,β-unsaturated/α-hetero) is 1. The van der Waals surface area contributed by atoms with Gasteiger partial charge in [-0.25, -0.2) is 0 Å². The van der Waals surface area contributed by atoms with Crippen molar-refractivity contribution in [3.8, 4) is 0 Å². The lowest BCUT2D eigenvalue weighted by atomic mass is 10.00. The molecule has 1 rings (SSSR count). The van der Waals surface area contributed by atoms with E-state index in [1.165, 1.54) is 0 Å². The van der Waals surface area contributed by atoms with Crippen LogP contribution in [0.2, 0.25) is 0 Å². The molecule has 7 heavy (non-hydrogen) atoms. The van der Waals surface area contributed by atoms with E-state index >= 15 is 0 Å². The van der Waals surface area contributed by atoms with Gasteiger partial charge in [-0.3, -0.25) is 4.79 Å². The maximum Gasteiger partial charge on any atom is 0.135 e. The predicted octanol–water partition coefficient (Wildman–Crippen LogP) is -0.205. The molecule has 0 bridgehead atoms. The van der Waals surface area contributed by atoms with E-state index in [4.69, 9.17) is 0 Å². The molecule has 1 N–H and O–H groups in total. The third kappa shape index (κ3) is 0.800. The minimum Gasteiger partial charge on any atom is -0.315 e. The summed E-state index contributed by atoms with van der Waals surface area (Å²) in [6.45, 7) is 3.44. The molecule has 2 nitrogen and oxygen atoms in total. The molecule has 1 fully saturated rings. The van der Waals surface area contributed by atoms with Crippen LogP contribution in [0.1, 0.15) is 6.92 Å². The van der Waals surface area contributed by atoms with Crippen molar-refractivity contribution in [1.82, 2.24) is 5.32 Å². The molecule has 0 aromatic rings. The molecule has 1 aliphatic heterocycles. The molecule has 0 radical (unpaired) electrons. The number of ketones is 1. The summed E-state index contributed by atoms with van der Waals surface area (Å²) >= 11 is 0. The van der Waals surface area contributed by atoms with Crippen LogP contribution in [0.4, 0.5) is 0 Å². The zero-order valence-electron chi connectivity index (χ0n) is 4.40. The highest BCUT2D eigenvalue weighted by Crippen LogP contribution is 2.01. The summed E-state index contributed by atoms with van der Waals surface area (Å²) in [7, 11) is 0. The van der Waals surface area contributed by atoms with E-state index < -0.39 is 0 Å². The van der Waals surface area contributed by atoms with E-state index in [2.05, 4.69) is 5.32 Å². The second-order valence-corrected chi connectivity index (χ2v) is 1.97. The normalized spacial score (nSPS) is 21.3. The van der Waals surface area contributed by atoms with Crippen LogP contribution in [0.25, 0.3) is 0 Å². The van der Waals surface area contributed by atoms with Gasteiger partial charge < -0.3 is 5.32 Å². The summed E-state index contributed by atoms with van der Waals surface area (Å²) in [6, 6.07) is 0. The molecular weight excluding hydrogens is 90.1 g/mol. The van der Waals surface area contributed by atoms with Gasteiger partial charge in [0.1, 0.15) is 5.78 Å². The van der Waals surface area contributed by atoms with E-state index in [1.807, 2.05) is 0 Å². The maximum absolute atomic E-state index is 10.4. The first-order chi connectivity index (χ1) is 3.30. The van der Waals surface area contributed by atoms with Gasteiger partial charge in [0.05, 0.1) is 0 Å². The summed E-state index contributed by atoms with van der Waals surface area (Å²) in [5.74, 6) is 0.652. The first-order valence-corrected chi connectivity index (χ1v) is 2.52. The minimum absolute atomic E-state index is 0.318. The van der Waals surface area contributed by atoms with Crippen molar-refractivity contribution in [2.75, 3.05) is 13.1 Å². The van der Waals surface area contributed by atoms with Gasteiger partial charge in [0.2, 0.25) is 0 Å². The van der Waals surface area contributed by atoms with Gasteiger partial charge in [-0.05, 0) is 6.92 Å². The minimum atomic E-state index is 0.318. The summed E-state index contributed by atoms with van der Waals surface area (Å²) < 4.78 is 0. The van der Waals surface area contributed by atoms with Gasteiger partial charge in [0.25, 0.3) is 0 Å². The largest absolute Gasteiger partial charge is 0.315 e. The van der Waals surface area contributed by atoms with Crippen LogP contribution in [0, 0.1) is 5.92 Å². The van der Waals surface area contributed by atoms with Crippen molar-refractivity contribution >= 4 is 5.78 Å². The lowest BCUT2D eigenvalue weighted by molar-refractivity contribution is -0.122. The second-order valence-electron chi connectivity index (χ2n) is 1.97. The van der Waals surface area contributed by atoms with Crippen LogP contribution in [0.15, 0.2) is 0 Å². The highest BCUT2D eigenvalue weighted by atomic mass is 16.1. The third-order valence-corrected chi connectivity index (χ3v) is 1.36. The number of hydrogen-bond donors (Lipinski definition) is 1. The van der Waals surface area contributed by atoms with Crippen molar-refractivity contribution in [1.29, 1.82) is 0 Å². The van der Waals surface area contributed by atoms with Crippen LogP contribution in [-0.4, -0.2) is 18.9 Å². The van der Waals surface area contributed by atoms with Crippen molar-refractivity contribution in [3.05, 3.63) is 0 Å². The molecule has 0 atom stereocenters. The monoisotopic (exact) mass is 99.1 g/mol. The molecule has 1 heterocycles. The highest BCUT2D eigenvalue weighted by molar-refractivity contribution is 5.79. The van der Waals surface area contributed by atoms with Crippen molar-refractivity contribution in [3.63, 3.8) is 0 Å². The second kappa shape index (κ2) is 1.62. The van der Waals surface area contributed by atoms with Crippen LogP contribution >= 0.6 is 0 Å². The quantitative estimate of drug-likeness (QED) is 0.493. The van der Waals surface area contributed by atoms with E-state index in [0.717, 1.165) is 13.1 Å². The molecule has 1 saturated heterocycles. The molecule has 0 unspecified atom stereocenters. The molecule has 2 heteroatoms. The Morgan fingerprint density at radius 2 is 2.29 bits per heavy atom. The summed E-state index contributed by atoms with van der Waals surface area (Å²) in [5.41, 5.74) is 0. The number of carbonyl (C=O) groups is 1. The maximum atomic E-state index is 10.4. The SMILES string of the molecule is CC(=O)C1CNC1. The van der Waals surface area contributed by atoms with Crippen LogP contribution in [0.3, 0.4) is 0 Å². The molecule has 1 aliphatic rings. The number of hydrogen-bond acceptors (Lipinski definition) is 2. The van der Waals surface area contributed by atoms with Gasteiger partial charge >= 0.3 is 0 Å². The van der Waals surface area contributed by atoms with Crippen LogP contribution < -0.4 is 5.32 Å². The Bertz CT molecular complexity index is 86.1.